The second-order valence-electron chi connectivity index (χ2n) is 1.59. The fourth-order valence-electron chi connectivity index (χ4n) is 0.258. The molecular formula is C4H14N2Pb. The molecular weight excluding hydrogens is 283 g/mol. The second-order valence-corrected chi connectivity index (χ2v) is 1.59. The Morgan fingerprint density at radius 1 is 1.43 bits per heavy atom. The van der Waals surface area contributed by atoms with Gasteiger partial charge in [0.25, 0.3) is 0 Å². The van der Waals surface area contributed by atoms with E-state index < -0.39 is 0 Å². The summed E-state index contributed by atoms with van der Waals surface area (Å²) in [6, 6.07) is 0. The van der Waals surface area contributed by atoms with E-state index in [9.17, 15) is 0 Å². The molecule has 0 aliphatic carbocycles. The van der Waals surface area contributed by atoms with E-state index in [-0.39, 0.29) is 27.3 Å². The number of likely N-dealkylation sites (N-methyl/N-ethyl adjacent to an activating group) is 1. The summed E-state index contributed by atoms with van der Waals surface area (Å²) in [5.74, 6) is 0. The zero-order valence-corrected chi connectivity index (χ0v) is 10.6. The summed E-state index contributed by atoms with van der Waals surface area (Å²) in [5.41, 5.74) is 5.19. The third kappa shape index (κ3) is 10.9. The van der Waals surface area contributed by atoms with Crippen LogP contribution in [0.25, 0.3) is 0 Å². The fourth-order valence-corrected chi connectivity index (χ4v) is 0.258. The zero-order valence-electron chi connectivity index (χ0n) is 5.15. The molecule has 2 N–H and O–H groups in total. The standard InChI is InChI=1S/C4H12N2.Pb.2H/c1-6(2)4-3-5;;;/h3-5H2,1-2H3;;;. The normalized spacial score (nSPS) is 8.57. The van der Waals surface area contributed by atoms with Gasteiger partial charge in [0.05, 0.1) is 0 Å². The summed E-state index contributed by atoms with van der Waals surface area (Å²) in [6.45, 7) is 1.74. The molecule has 44 valence electrons. The first kappa shape index (κ1) is 10.8. The number of nitrogens with two attached hydrogens (primary N) is 1. The Kier molecular flexibility index (Phi) is 10.5. The molecule has 2 nitrogen and oxygen atoms in total. The van der Waals surface area contributed by atoms with Gasteiger partial charge in [-0.05, 0) is 14.1 Å². The average Bonchev–Trinajstić information content (AvgIpc) is 1.35. The SMILES string of the molecule is CN(C)CCN.[PbH2]. The fraction of sp³-hybridized carbons (Fsp3) is 1.00. The van der Waals surface area contributed by atoms with Crippen molar-refractivity contribution < 1.29 is 0 Å². The molecule has 0 aromatic rings. The van der Waals surface area contributed by atoms with Crippen LogP contribution in [-0.2, 0) is 0 Å². The summed E-state index contributed by atoms with van der Waals surface area (Å²) >= 11 is 0. The summed E-state index contributed by atoms with van der Waals surface area (Å²) in [4.78, 5) is 2.06. The maximum absolute atomic E-state index is 5.19. The van der Waals surface area contributed by atoms with Crippen molar-refractivity contribution in [2.24, 2.45) is 5.73 Å². The number of rotatable bonds is 2. The molecule has 3 heteroatoms. The Morgan fingerprint density at radius 3 is 1.86 bits per heavy atom. The van der Waals surface area contributed by atoms with Gasteiger partial charge in [-0.3, -0.25) is 0 Å². The molecule has 0 aromatic carbocycles. The Bertz CT molecular complexity index is 30.9. The van der Waals surface area contributed by atoms with Gasteiger partial charge in [0.1, 0.15) is 0 Å². The molecule has 0 heterocycles. The molecule has 0 saturated carbocycles. The first-order valence-electron chi connectivity index (χ1n) is 2.12. The Balaban J connectivity index is 0. The molecule has 0 fully saturated rings. The van der Waals surface area contributed by atoms with Crippen LogP contribution in [0.2, 0.25) is 0 Å². The molecule has 0 unspecified atom stereocenters. The van der Waals surface area contributed by atoms with E-state index in [1.54, 1.807) is 0 Å². The number of hydrogen-bond donors (Lipinski definition) is 1. The maximum atomic E-state index is 5.19. The van der Waals surface area contributed by atoms with Gasteiger partial charge in [-0.25, -0.2) is 0 Å². The van der Waals surface area contributed by atoms with Crippen molar-refractivity contribution in [2.75, 3.05) is 27.2 Å². The molecule has 0 aliphatic heterocycles. The Labute approximate surface area is 65.2 Å². The van der Waals surface area contributed by atoms with Crippen LogP contribution in [0.4, 0.5) is 0 Å². The van der Waals surface area contributed by atoms with Crippen LogP contribution >= 0.6 is 0 Å². The minimum absolute atomic E-state index is 0. The van der Waals surface area contributed by atoms with Crippen molar-refractivity contribution in [3.05, 3.63) is 0 Å². The molecule has 7 heavy (non-hydrogen) atoms. The first-order chi connectivity index (χ1) is 2.77. The summed E-state index contributed by atoms with van der Waals surface area (Å²) < 4.78 is 0. The van der Waals surface area contributed by atoms with E-state index in [1.165, 1.54) is 0 Å². The van der Waals surface area contributed by atoms with E-state index >= 15 is 0 Å². The summed E-state index contributed by atoms with van der Waals surface area (Å²) in [7, 11) is 4.01. The monoisotopic (exact) mass is 298 g/mol. The van der Waals surface area contributed by atoms with Crippen molar-refractivity contribution in [1.82, 2.24) is 4.90 Å². The van der Waals surface area contributed by atoms with Crippen molar-refractivity contribution in [2.45, 2.75) is 0 Å². The Morgan fingerprint density at radius 2 is 1.86 bits per heavy atom. The molecule has 0 bridgehead atoms. The first-order valence-corrected chi connectivity index (χ1v) is 2.12. The van der Waals surface area contributed by atoms with Gasteiger partial charge in [-0.1, -0.05) is 0 Å². The third-order valence-corrected chi connectivity index (χ3v) is 0.576. The molecule has 0 aromatic heterocycles. The van der Waals surface area contributed by atoms with Crippen LogP contribution in [0.5, 0.6) is 0 Å². The Hall–Kier alpha value is 0.842. The third-order valence-electron chi connectivity index (χ3n) is 0.576. The van der Waals surface area contributed by atoms with Gasteiger partial charge >= 0.3 is 27.3 Å². The van der Waals surface area contributed by atoms with Gasteiger partial charge in [-0.15, -0.1) is 0 Å². The average molecular weight is 297 g/mol. The van der Waals surface area contributed by atoms with Crippen molar-refractivity contribution in [3.63, 3.8) is 0 Å². The van der Waals surface area contributed by atoms with Gasteiger partial charge in [-0.2, -0.15) is 0 Å². The van der Waals surface area contributed by atoms with Crippen LogP contribution in [-0.4, -0.2) is 59.4 Å². The van der Waals surface area contributed by atoms with Crippen molar-refractivity contribution in [1.29, 1.82) is 0 Å². The van der Waals surface area contributed by atoms with Crippen molar-refractivity contribution in [3.8, 4) is 0 Å². The van der Waals surface area contributed by atoms with Crippen LogP contribution in [0.15, 0.2) is 0 Å². The molecule has 0 rings (SSSR count). The van der Waals surface area contributed by atoms with E-state index in [1.807, 2.05) is 14.1 Å². The number of nitrogens with zero attached hydrogens (tertiary/aromatic N) is 1. The van der Waals surface area contributed by atoms with Crippen LogP contribution in [0.3, 0.4) is 0 Å². The molecule has 0 aliphatic rings. The predicted molar refractivity (Wildman–Crippen MR) is 36.2 cm³/mol. The zero-order chi connectivity index (χ0) is 4.99. The van der Waals surface area contributed by atoms with Crippen molar-refractivity contribution >= 4 is 27.3 Å². The van der Waals surface area contributed by atoms with E-state index in [0.717, 1.165) is 13.1 Å². The van der Waals surface area contributed by atoms with Gasteiger partial charge < -0.3 is 10.6 Å². The summed E-state index contributed by atoms with van der Waals surface area (Å²) in [6.07, 6.45) is 0. The van der Waals surface area contributed by atoms with Crippen LogP contribution in [0, 0.1) is 0 Å². The minimum atomic E-state index is 0. The van der Waals surface area contributed by atoms with Crippen LogP contribution < -0.4 is 5.73 Å². The second kappa shape index (κ2) is 6.84. The quantitative estimate of drug-likeness (QED) is 0.635. The van der Waals surface area contributed by atoms with Crippen LogP contribution in [0.1, 0.15) is 0 Å². The predicted octanol–water partition coefficient (Wildman–Crippen LogP) is -1.41. The van der Waals surface area contributed by atoms with E-state index in [4.69, 9.17) is 5.73 Å². The summed E-state index contributed by atoms with van der Waals surface area (Å²) in [5, 5.41) is 0. The number of hydrogen-bond acceptors (Lipinski definition) is 2. The van der Waals surface area contributed by atoms with Gasteiger partial charge in [0.2, 0.25) is 0 Å². The molecule has 0 atom stereocenters. The van der Waals surface area contributed by atoms with E-state index in [0.29, 0.717) is 0 Å². The molecule has 2 radical (unpaired) electrons. The molecule has 0 amide bonds. The van der Waals surface area contributed by atoms with E-state index in [2.05, 4.69) is 4.90 Å². The van der Waals surface area contributed by atoms with Gasteiger partial charge in [0, 0.05) is 13.1 Å². The topological polar surface area (TPSA) is 29.3 Å². The molecule has 0 spiro atoms. The molecule has 0 saturated heterocycles. The van der Waals surface area contributed by atoms with Gasteiger partial charge in [0.15, 0.2) is 0 Å².